The molecule has 5 heteroatoms. The Kier molecular flexibility index (Phi) is 5.22. The van der Waals surface area contributed by atoms with Crippen molar-refractivity contribution in [2.75, 3.05) is 6.61 Å². The second-order valence-electron chi connectivity index (χ2n) is 4.91. The predicted octanol–water partition coefficient (Wildman–Crippen LogP) is 3.12. The van der Waals surface area contributed by atoms with Crippen LogP contribution in [0.1, 0.15) is 35.9 Å². The molecule has 1 heterocycles. The normalized spacial score (nSPS) is 10.7. The molecular weight excluding hydrogens is 268 g/mol. The standard InChI is InChI=1S/C16H22N2O3/c1-4-7-19-14-6-5-13(9-17)16(8-14)20-10-15-11(2)18-21-12(15)3/h5-6,8H,4,7,9-10,17H2,1-3H3. The number of aryl methyl sites for hydroxylation is 2. The largest absolute Gasteiger partial charge is 0.493 e. The van der Waals surface area contributed by atoms with Gasteiger partial charge in [-0.25, -0.2) is 0 Å². The van der Waals surface area contributed by atoms with Gasteiger partial charge in [0.25, 0.3) is 0 Å². The molecule has 0 aliphatic carbocycles. The van der Waals surface area contributed by atoms with Gasteiger partial charge in [-0.1, -0.05) is 18.1 Å². The summed E-state index contributed by atoms with van der Waals surface area (Å²) in [6, 6.07) is 5.74. The quantitative estimate of drug-likeness (QED) is 0.848. The Morgan fingerprint density at radius 3 is 2.67 bits per heavy atom. The lowest BCUT2D eigenvalue weighted by Gasteiger charge is -2.13. The molecule has 21 heavy (non-hydrogen) atoms. The number of aromatic nitrogens is 1. The molecule has 0 aliphatic rings. The van der Waals surface area contributed by atoms with Crippen LogP contribution in [0.15, 0.2) is 22.7 Å². The molecule has 1 aromatic heterocycles. The number of hydrogen-bond acceptors (Lipinski definition) is 5. The van der Waals surface area contributed by atoms with Crippen molar-refractivity contribution >= 4 is 0 Å². The van der Waals surface area contributed by atoms with E-state index in [2.05, 4.69) is 12.1 Å². The van der Waals surface area contributed by atoms with E-state index in [0.29, 0.717) is 19.8 Å². The summed E-state index contributed by atoms with van der Waals surface area (Å²) in [6.45, 7) is 7.37. The number of nitrogens with two attached hydrogens (primary N) is 1. The summed E-state index contributed by atoms with van der Waals surface area (Å²) < 4.78 is 16.7. The first kappa shape index (κ1) is 15.4. The first-order valence-electron chi connectivity index (χ1n) is 7.16. The lowest BCUT2D eigenvalue weighted by atomic mass is 10.2. The Hall–Kier alpha value is -2.01. The van der Waals surface area contributed by atoms with Crippen molar-refractivity contribution in [3.63, 3.8) is 0 Å². The molecule has 5 nitrogen and oxygen atoms in total. The molecular formula is C16H22N2O3. The maximum atomic E-state index is 5.89. The summed E-state index contributed by atoms with van der Waals surface area (Å²) in [5.41, 5.74) is 8.53. The lowest BCUT2D eigenvalue weighted by Crippen LogP contribution is -2.04. The van der Waals surface area contributed by atoms with E-state index in [4.69, 9.17) is 19.7 Å². The Labute approximate surface area is 125 Å². The summed E-state index contributed by atoms with van der Waals surface area (Å²) >= 11 is 0. The van der Waals surface area contributed by atoms with Gasteiger partial charge < -0.3 is 19.7 Å². The zero-order chi connectivity index (χ0) is 15.2. The topological polar surface area (TPSA) is 70.5 Å². The minimum absolute atomic E-state index is 0.408. The number of ether oxygens (including phenoxy) is 2. The maximum Gasteiger partial charge on any atom is 0.140 e. The first-order chi connectivity index (χ1) is 10.2. The molecule has 1 aromatic carbocycles. The van der Waals surface area contributed by atoms with E-state index in [1.807, 2.05) is 32.0 Å². The average molecular weight is 290 g/mol. The highest BCUT2D eigenvalue weighted by Crippen LogP contribution is 2.26. The van der Waals surface area contributed by atoms with Crippen molar-refractivity contribution in [3.05, 3.63) is 40.8 Å². The minimum atomic E-state index is 0.408. The fourth-order valence-electron chi connectivity index (χ4n) is 2.01. The van der Waals surface area contributed by atoms with Gasteiger partial charge in [-0.3, -0.25) is 0 Å². The number of hydrogen-bond donors (Lipinski definition) is 1. The van der Waals surface area contributed by atoms with Crippen LogP contribution >= 0.6 is 0 Å². The molecule has 0 unspecified atom stereocenters. The Morgan fingerprint density at radius 2 is 2.05 bits per heavy atom. The van der Waals surface area contributed by atoms with Gasteiger partial charge in [-0.2, -0.15) is 0 Å². The SMILES string of the molecule is CCCOc1ccc(CN)c(OCc2c(C)noc2C)c1. The van der Waals surface area contributed by atoms with Crippen molar-refractivity contribution in [2.24, 2.45) is 5.73 Å². The van der Waals surface area contributed by atoms with E-state index in [9.17, 15) is 0 Å². The van der Waals surface area contributed by atoms with E-state index in [0.717, 1.165) is 40.5 Å². The highest BCUT2D eigenvalue weighted by molar-refractivity contribution is 5.41. The molecule has 0 amide bonds. The van der Waals surface area contributed by atoms with E-state index >= 15 is 0 Å². The van der Waals surface area contributed by atoms with Gasteiger partial charge in [-0.05, 0) is 26.3 Å². The fraction of sp³-hybridized carbons (Fsp3) is 0.438. The summed E-state index contributed by atoms with van der Waals surface area (Å²) in [7, 11) is 0. The predicted molar refractivity (Wildman–Crippen MR) is 80.4 cm³/mol. The van der Waals surface area contributed by atoms with E-state index in [1.54, 1.807) is 0 Å². The van der Waals surface area contributed by atoms with Crippen LogP contribution in [0.25, 0.3) is 0 Å². The van der Waals surface area contributed by atoms with Gasteiger partial charge in [0.1, 0.15) is 23.9 Å². The highest BCUT2D eigenvalue weighted by Gasteiger charge is 2.11. The summed E-state index contributed by atoms with van der Waals surface area (Å²) in [5, 5.41) is 3.92. The highest BCUT2D eigenvalue weighted by atomic mass is 16.5. The second kappa shape index (κ2) is 7.13. The van der Waals surface area contributed by atoms with Crippen LogP contribution in [0.2, 0.25) is 0 Å². The van der Waals surface area contributed by atoms with Crippen LogP contribution < -0.4 is 15.2 Å². The third-order valence-corrected chi connectivity index (χ3v) is 3.28. The van der Waals surface area contributed by atoms with Gasteiger partial charge in [0, 0.05) is 18.2 Å². The summed E-state index contributed by atoms with van der Waals surface area (Å²) in [6.07, 6.45) is 0.966. The first-order valence-corrected chi connectivity index (χ1v) is 7.16. The molecule has 2 rings (SSSR count). The molecule has 0 atom stereocenters. The summed E-state index contributed by atoms with van der Waals surface area (Å²) in [4.78, 5) is 0. The molecule has 2 N–H and O–H groups in total. The Morgan fingerprint density at radius 1 is 1.24 bits per heavy atom. The molecule has 0 spiro atoms. The zero-order valence-corrected chi connectivity index (χ0v) is 12.8. The fourth-order valence-corrected chi connectivity index (χ4v) is 2.01. The Bertz CT molecular complexity index is 574. The van der Waals surface area contributed by atoms with E-state index < -0.39 is 0 Å². The van der Waals surface area contributed by atoms with Crippen molar-refractivity contribution in [2.45, 2.75) is 40.3 Å². The molecule has 0 radical (unpaired) electrons. The number of benzene rings is 1. The van der Waals surface area contributed by atoms with Gasteiger partial charge >= 0.3 is 0 Å². The monoisotopic (exact) mass is 290 g/mol. The van der Waals surface area contributed by atoms with Crippen LogP contribution in [-0.2, 0) is 13.2 Å². The van der Waals surface area contributed by atoms with Crippen LogP contribution in [0.5, 0.6) is 11.5 Å². The van der Waals surface area contributed by atoms with Crippen LogP contribution in [-0.4, -0.2) is 11.8 Å². The third-order valence-electron chi connectivity index (χ3n) is 3.28. The molecule has 114 valence electrons. The lowest BCUT2D eigenvalue weighted by molar-refractivity contribution is 0.289. The maximum absolute atomic E-state index is 5.89. The smallest absolute Gasteiger partial charge is 0.140 e. The van der Waals surface area contributed by atoms with Crippen molar-refractivity contribution in [1.29, 1.82) is 0 Å². The van der Waals surface area contributed by atoms with Gasteiger partial charge in [-0.15, -0.1) is 0 Å². The molecule has 0 bridgehead atoms. The average Bonchev–Trinajstić information content (AvgIpc) is 2.82. The molecule has 2 aromatic rings. The molecule has 0 saturated heterocycles. The summed E-state index contributed by atoms with van der Waals surface area (Å²) in [5.74, 6) is 2.31. The molecule has 0 saturated carbocycles. The third kappa shape index (κ3) is 3.76. The number of nitrogens with zero attached hydrogens (tertiary/aromatic N) is 1. The zero-order valence-electron chi connectivity index (χ0n) is 12.8. The van der Waals surface area contributed by atoms with E-state index in [1.165, 1.54) is 0 Å². The van der Waals surface area contributed by atoms with Gasteiger partial charge in [0.2, 0.25) is 0 Å². The van der Waals surface area contributed by atoms with Gasteiger partial charge in [0.05, 0.1) is 17.9 Å². The molecule has 0 fully saturated rings. The Balaban J connectivity index is 2.13. The van der Waals surface area contributed by atoms with Crippen LogP contribution in [0.4, 0.5) is 0 Å². The van der Waals surface area contributed by atoms with Crippen LogP contribution in [0.3, 0.4) is 0 Å². The van der Waals surface area contributed by atoms with Crippen LogP contribution in [0, 0.1) is 13.8 Å². The number of rotatable bonds is 7. The van der Waals surface area contributed by atoms with Crippen molar-refractivity contribution in [3.8, 4) is 11.5 Å². The van der Waals surface area contributed by atoms with Crippen molar-refractivity contribution < 1.29 is 14.0 Å². The minimum Gasteiger partial charge on any atom is -0.493 e. The second-order valence-corrected chi connectivity index (χ2v) is 4.91. The van der Waals surface area contributed by atoms with Gasteiger partial charge in [0.15, 0.2) is 0 Å². The van der Waals surface area contributed by atoms with E-state index in [-0.39, 0.29) is 0 Å². The molecule has 0 aliphatic heterocycles. The van der Waals surface area contributed by atoms with Crippen molar-refractivity contribution in [1.82, 2.24) is 5.16 Å².